The van der Waals surface area contributed by atoms with Crippen molar-refractivity contribution in [2.75, 3.05) is 12.0 Å². The van der Waals surface area contributed by atoms with Crippen LogP contribution in [0.15, 0.2) is 40.8 Å². The Morgan fingerprint density at radius 3 is 2.37 bits per heavy atom. The summed E-state index contributed by atoms with van der Waals surface area (Å²) >= 11 is 1.57. The molecular weight excluding hydrogens is 366 g/mol. The molecule has 0 aliphatic carbocycles. The van der Waals surface area contributed by atoms with E-state index in [1.807, 2.05) is 12.3 Å². The monoisotopic (exact) mass is 389 g/mol. The highest BCUT2D eigenvalue weighted by atomic mass is 32.2. The molecule has 3 N–H and O–H groups in total. The molecule has 144 valence electrons. The van der Waals surface area contributed by atoms with E-state index in [0.29, 0.717) is 34.8 Å². The van der Waals surface area contributed by atoms with Crippen molar-refractivity contribution >= 4 is 29.5 Å². The first-order chi connectivity index (χ1) is 12.9. The Morgan fingerprint density at radius 1 is 1.07 bits per heavy atom. The topological polar surface area (TPSA) is 100 Å². The van der Waals surface area contributed by atoms with E-state index in [4.69, 9.17) is 4.42 Å². The normalized spacial score (nSPS) is 11.5. The predicted molar refractivity (Wildman–Crippen MR) is 104 cm³/mol. The minimum Gasteiger partial charge on any atom is -0.466 e. The Labute approximate surface area is 162 Å². The highest BCUT2D eigenvalue weighted by molar-refractivity contribution is 7.98. The first kappa shape index (κ1) is 20.6. The summed E-state index contributed by atoms with van der Waals surface area (Å²) in [5, 5.41) is 2.71. The largest absolute Gasteiger partial charge is 0.466 e. The van der Waals surface area contributed by atoms with E-state index in [1.54, 1.807) is 55.9 Å². The number of hydrazine groups is 1. The zero-order valence-corrected chi connectivity index (χ0v) is 16.3. The van der Waals surface area contributed by atoms with Crippen molar-refractivity contribution in [3.8, 4) is 0 Å². The van der Waals surface area contributed by atoms with Gasteiger partial charge in [-0.2, -0.15) is 11.8 Å². The Morgan fingerprint density at radius 2 is 1.78 bits per heavy atom. The van der Waals surface area contributed by atoms with E-state index in [0.717, 1.165) is 0 Å². The first-order valence-electron chi connectivity index (χ1n) is 8.44. The number of hydrogen-bond donors (Lipinski definition) is 3. The number of thioether (sulfide) groups is 1. The second-order valence-electron chi connectivity index (χ2n) is 5.94. The predicted octanol–water partition coefficient (Wildman–Crippen LogP) is 2.21. The van der Waals surface area contributed by atoms with E-state index >= 15 is 0 Å². The average Bonchev–Trinajstić information content (AvgIpc) is 3.01. The van der Waals surface area contributed by atoms with Gasteiger partial charge >= 0.3 is 0 Å². The highest BCUT2D eigenvalue weighted by Gasteiger charge is 2.22. The lowest BCUT2D eigenvalue weighted by Gasteiger charge is -2.18. The quantitative estimate of drug-likeness (QED) is 0.631. The minimum absolute atomic E-state index is 0.343. The lowest BCUT2D eigenvalue weighted by Crippen LogP contribution is -2.52. The van der Waals surface area contributed by atoms with Gasteiger partial charge in [-0.15, -0.1) is 0 Å². The molecule has 0 radical (unpaired) electrons. The first-order valence-corrected chi connectivity index (χ1v) is 9.84. The molecule has 0 saturated carbocycles. The maximum absolute atomic E-state index is 12.5. The minimum atomic E-state index is -0.766. The molecule has 2 rings (SSSR count). The van der Waals surface area contributed by atoms with Crippen LogP contribution in [0.5, 0.6) is 0 Å². The molecule has 0 saturated heterocycles. The van der Waals surface area contributed by atoms with E-state index in [1.165, 1.54) is 0 Å². The number of rotatable bonds is 7. The van der Waals surface area contributed by atoms with Gasteiger partial charge in [0.2, 0.25) is 0 Å². The number of benzene rings is 1. The fourth-order valence-electron chi connectivity index (χ4n) is 2.46. The summed E-state index contributed by atoms with van der Waals surface area (Å²) in [5.74, 6) is 0.452. The van der Waals surface area contributed by atoms with E-state index < -0.39 is 17.9 Å². The summed E-state index contributed by atoms with van der Waals surface area (Å²) in [5.41, 5.74) is 5.56. The number of aryl methyl sites for hydroxylation is 2. The third kappa shape index (κ3) is 5.89. The Hall–Kier alpha value is -2.74. The van der Waals surface area contributed by atoms with Gasteiger partial charge in [0.15, 0.2) is 0 Å². The van der Waals surface area contributed by atoms with Gasteiger partial charge in [0.1, 0.15) is 17.6 Å². The van der Waals surface area contributed by atoms with Crippen molar-refractivity contribution in [3.05, 3.63) is 59.0 Å². The van der Waals surface area contributed by atoms with Crippen LogP contribution in [-0.2, 0) is 4.79 Å². The molecule has 2 aromatic rings. The van der Waals surface area contributed by atoms with Crippen LogP contribution in [0.3, 0.4) is 0 Å². The zero-order chi connectivity index (χ0) is 19.8. The maximum atomic E-state index is 12.5. The molecule has 0 fully saturated rings. The number of amides is 3. The van der Waals surface area contributed by atoms with E-state index in [9.17, 15) is 14.4 Å². The van der Waals surface area contributed by atoms with Crippen LogP contribution >= 0.6 is 11.8 Å². The molecule has 1 aromatic heterocycles. The van der Waals surface area contributed by atoms with Crippen LogP contribution in [-0.4, -0.2) is 35.8 Å². The number of hydrogen-bond acceptors (Lipinski definition) is 5. The van der Waals surface area contributed by atoms with Crippen molar-refractivity contribution < 1.29 is 18.8 Å². The Balaban J connectivity index is 1.98. The van der Waals surface area contributed by atoms with Crippen LogP contribution in [0.4, 0.5) is 0 Å². The SMILES string of the molecule is CSCCC(NC(=O)c1ccccc1)C(=O)NNC(=O)c1cc(C)oc1C. The summed E-state index contributed by atoms with van der Waals surface area (Å²) in [6.45, 7) is 3.41. The molecule has 1 heterocycles. The Bertz CT molecular complexity index is 805. The third-order valence-electron chi connectivity index (χ3n) is 3.85. The molecule has 7 nitrogen and oxygen atoms in total. The summed E-state index contributed by atoms with van der Waals surface area (Å²) in [7, 11) is 0. The summed E-state index contributed by atoms with van der Waals surface area (Å²) < 4.78 is 5.31. The number of nitrogens with one attached hydrogen (secondary N) is 3. The summed E-state index contributed by atoms with van der Waals surface area (Å²) in [6, 6.07) is 9.48. The van der Waals surface area contributed by atoms with Gasteiger partial charge in [0.05, 0.1) is 5.56 Å². The molecule has 3 amide bonds. The van der Waals surface area contributed by atoms with Crippen LogP contribution in [0.25, 0.3) is 0 Å². The van der Waals surface area contributed by atoms with Gasteiger partial charge < -0.3 is 9.73 Å². The second kappa shape index (κ2) is 9.82. The standard InChI is InChI=1S/C19H23N3O4S/c1-12-11-15(13(2)26-12)18(24)21-22-19(25)16(9-10-27-3)20-17(23)14-7-5-4-6-8-14/h4-8,11,16H,9-10H2,1-3H3,(H,20,23)(H,21,24)(H,22,25). The van der Waals surface area contributed by atoms with Crippen LogP contribution in [0.1, 0.15) is 38.7 Å². The number of carbonyl (C=O) groups is 3. The molecule has 0 aliphatic heterocycles. The third-order valence-corrected chi connectivity index (χ3v) is 4.50. The average molecular weight is 389 g/mol. The molecule has 1 unspecified atom stereocenters. The molecule has 1 atom stereocenters. The van der Waals surface area contributed by atoms with Crippen molar-refractivity contribution in [1.29, 1.82) is 0 Å². The lowest BCUT2D eigenvalue weighted by molar-refractivity contribution is -0.123. The molecular formula is C19H23N3O4S. The van der Waals surface area contributed by atoms with Crippen LogP contribution < -0.4 is 16.2 Å². The number of carbonyl (C=O) groups excluding carboxylic acids is 3. The van der Waals surface area contributed by atoms with Crippen LogP contribution in [0.2, 0.25) is 0 Å². The molecule has 0 bridgehead atoms. The van der Waals surface area contributed by atoms with Crippen LogP contribution in [0, 0.1) is 13.8 Å². The fourth-order valence-corrected chi connectivity index (χ4v) is 2.94. The van der Waals surface area contributed by atoms with Gasteiger partial charge in [-0.3, -0.25) is 25.2 Å². The van der Waals surface area contributed by atoms with Gasteiger partial charge in [-0.25, -0.2) is 0 Å². The number of furan rings is 1. The molecule has 1 aromatic carbocycles. The van der Waals surface area contributed by atoms with Gasteiger partial charge in [0.25, 0.3) is 17.7 Å². The maximum Gasteiger partial charge on any atom is 0.273 e. The summed E-state index contributed by atoms with van der Waals surface area (Å²) in [4.78, 5) is 37.0. The lowest BCUT2D eigenvalue weighted by atomic mass is 10.1. The van der Waals surface area contributed by atoms with E-state index in [-0.39, 0.29) is 5.91 Å². The molecule has 0 aliphatic rings. The summed E-state index contributed by atoms with van der Waals surface area (Å²) in [6.07, 6.45) is 2.35. The van der Waals surface area contributed by atoms with Crippen molar-refractivity contribution in [2.24, 2.45) is 0 Å². The Kier molecular flexibility index (Phi) is 7.48. The van der Waals surface area contributed by atoms with Crippen molar-refractivity contribution in [3.63, 3.8) is 0 Å². The molecule has 0 spiro atoms. The molecule has 8 heteroatoms. The van der Waals surface area contributed by atoms with Gasteiger partial charge in [-0.1, -0.05) is 18.2 Å². The van der Waals surface area contributed by atoms with Crippen molar-refractivity contribution in [2.45, 2.75) is 26.3 Å². The van der Waals surface area contributed by atoms with E-state index in [2.05, 4.69) is 16.2 Å². The fraction of sp³-hybridized carbons (Fsp3) is 0.316. The molecule has 27 heavy (non-hydrogen) atoms. The van der Waals surface area contributed by atoms with Gasteiger partial charge in [-0.05, 0) is 50.5 Å². The smallest absolute Gasteiger partial charge is 0.273 e. The second-order valence-corrected chi connectivity index (χ2v) is 6.93. The van der Waals surface area contributed by atoms with Crippen molar-refractivity contribution in [1.82, 2.24) is 16.2 Å². The zero-order valence-electron chi connectivity index (χ0n) is 15.5. The van der Waals surface area contributed by atoms with Gasteiger partial charge in [0, 0.05) is 5.56 Å². The highest BCUT2D eigenvalue weighted by Crippen LogP contribution is 2.13.